The molecule has 0 aliphatic heterocycles. The third-order valence-corrected chi connectivity index (χ3v) is 4.84. The Morgan fingerprint density at radius 3 is 1.83 bits per heavy atom. The molecule has 0 aromatic heterocycles. The molecule has 3 rings (SSSR count). The molecule has 0 heterocycles. The molecule has 0 unspecified atom stereocenters. The molecule has 0 bridgehead atoms. The number of ether oxygens (including phenoxy) is 1. The van der Waals surface area contributed by atoms with Crippen molar-refractivity contribution in [3.63, 3.8) is 0 Å². The van der Waals surface area contributed by atoms with Crippen molar-refractivity contribution in [2.75, 3.05) is 12.0 Å². The summed E-state index contributed by atoms with van der Waals surface area (Å²) < 4.78 is 7.44. The molecule has 4 heteroatoms. The lowest BCUT2D eigenvalue weighted by Gasteiger charge is -2.27. The first kappa shape index (κ1) is 16.1. The molecule has 0 radical (unpaired) electrons. The average molecular weight is 433 g/mol. The molecule has 23 heavy (non-hydrogen) atoms. The van der Waals surface area contributed by atoms with Gasteiger partial charge in [0.25, 0.3) is 0 Å². The van der Waals surface area contributed by atoms with Crippen LogP contribution in [0.4, 0.5) is 17.1 Å². The highest BCUT2D eigenvalue weighted by Gasteiger charge is 2.17. The zero-order valence-electron chi connectivity index (χ0n) is 12.5. The van der Waals surface area contributed by atoms with E-state index < -0.39 is 0 Å². The number of rotatable bonds is 4. The third kappa shape index (κ3) is 3.43. The van der Waals surface area contributed by atoms with Crippen molar-refractivity contribution in [3.8, 4) is 5.75 Å². The highest BCUT2D eigenvalue weighted by molar-refractivity contribution is 9.11. The van der Waals surface area contributed by atoms with Crippen LogP contribution in [0.5, 0.6) is 5.75 Å². The van der Waals surface area contributed by atoms with Gasteiger partial charge in [-0.25, -0.2) is 0 Å². The molecule has 0 spiro atoms. The van der Waals surface area contributed by atoms with Gasteiger partial charge in [0.15, 0.2) is 0 Å². The molecule has 0 amide bonds. The van der Waals surface area contributed by atoms with Gasteiger partial charge in [0, 0.05) is 20.7 Å². The normalized spacial score (nSPS) is 10.4. The minimum absolute atomic E-state index is 0.826. The lowest BCUT2D eigenvalue weighted by atomic mass is 10.2. The van der Waals surface area contributed by atoms with Crippen LogP contribution in [0.1, 0.15) is 0 Å². The second-order valence-corrected chi connectivity index (χ2v) is 6.65. The number of hydrogen-bond acceptors (Lipinski definition) is 2. The molecule has 0 aliphatic carbocycles. The van der Waals surface area contributed by atoms with E-state index in [0.29, 0.717) is 0 Å². The predicted octanol–water partition coefficient (Wildman–Crippen LogP) is 6.69. The standard InChI is InChI=1S/C19H15Br2NO/c1-23-15-8-6-7-14(13-15)22(18-11-4-2-9-16(18)20)19-12-5-3-10-17(19)21/h2-13H,1H3. The summed E-state index contributed by atoms with van der Waals surface area (Å²) in [6.07, 6.45) is 0. The Morgan fingerprint density at radius 1 is 0.739 bits per heavy atom. The predicted molar refractivity (Wildman–Crippen MR) is 103 cm³/mol. The van der Waals surface area contributed by atoms with Gasteiger partial charge in [0.05, 0.1) is 18.5 Å². The van der Waals surface area contributed by atoms with Crippen molar-refractivity contribution in [2.45, 2.75) is 0 Å². The van der Waals surface area contributed by atoms with Gasteiger partial charge in [-0.15, -0.1) is 0 Å². The van der Waals surface area contributed by atoms with Crippen LogP contribution in [0.15, 0.2) is 81.7 Å². The van der Waals surface area contributed by atoms with Crippen LogP contribution in [0.3, 0.4) is 0 Å². The fraction of sp³-hybridized carbons (Fsp3) is 0.0526. The van der Waals surface area contributed by atoms with E-state index in [9.17, 15) is 0 Å². The fourth-order valence-electron chi connectivity index (χ4n) is 2.42. The van der Waals surface area contributed by atoms with Crippen LogP contribution in [0.25, 0.3) is 0 Å². The van der Waals surface area contributed by atoms with Crippen molar-refractivity contribution in [1.29, 1.82) is 0 Å². The van der Waals surface area contributed by atoms with Crippen LogP contribution < -0.4 is 9.64 Å². The van der Waals surface area contributed by atoms with Crippen LogP contribution in [0.2, 0.25) is 0 Å². The molecule has 2 nitrogen and oxygen atoms in total. The molecule has 0 saturated carbocycles. The molecule has 116 valence electrons. The first-order valence-electron chi connectivity index (χ1n) is 7.14. The Balaban J connectivity index is 2.22. The second-order valence-electron chi connectivity index (χ2n) is 4.94. The van der Waals surface area contributed by atoms with Crippen molar-refractivity contribution in [1.82, 2.24) is 0 Å². The van der Waals surface area contributed by atoms with Gasteiger partial charge in [0.1, 0.15) is 5.75 Å². The van der Waals surface area contributed by atoms with E-state index in [-0.39, 0.29) is 0 Å². The Bertz CT molecular complexity index is 774. The highest BCUT2D eigenvalue weighted by Crippen LogP contribution is 2.42. The Morgan fingerprint density at radius 2 is 1.30 bits per heavy atom. The summed E-state index contributed by atoms with van der Waals surface area (Å²) in [5, 5.41) is 0. The minimum Gasteiger partial charge on any atom is -0.497 e. The van der Waals surface area contributed by atoms with E-state index in [1.807, 2.05) is 54.6 Å². The monoisotopic (exact) mass is 431 g/mol. The number of halogens is 2. The third-order valence-electron chi connectivity index (χ3n) is 3.50. The molecule has 0 saturated heterocycles. The van der Waals surface area contributed by atoms with E-state index in [1.54, 1.807) is 7.11 Å². The molecular weight excluding hydrogens is 418 g/mol. The second kappa shape index (κ2) is 7.20. The number of methoxy groups -OCH3 is 1. The summed E-state index contributed by atoms with van der Waals surface area (Å²) in [4.78, 5) is 2.19. The van der Waals surface area contributed by atoms with Gasteiger partial charge in [-0.1, -0.05) is 30.3 Å². The summed E-state index contributed by atoms with van der Waals surface area (Å²) in [5.74, 6) is 0.826. The lowest BCUT2D eigenvalue weighted by Crippen LogP contribution is -2.11. The summed E-state index contributed by atoms with van der Waals surface area (Å²) in [6, 6.07) is 24.4. The number of hydrogen-bond donors (Lipinski definition) is 0. The maximum Gasteiger partial charge on any atom is 0.120 e. The first-order valence-corrected chi connectivity index (χ1v) is 8.72. The van der Waals surface area contributed by atoms with Crippen molar-refractivity contribution in [2.24, 2.45) is 0 Å². The average Bonchev–Trinajstić information content (AvgIpc) is 2.59. The molecule has 0 atom stereocenters. The van der Waals surface area contributed by atoms with E-state index in [0.717, 1.165) is 31.8 Å². The summed E-state index contributed by atoms with van der Waals surface area (Å²) in [5.41, 5.74) is 3.16. The van der Waals surface area contributed by atoms with Crippen molar-refractivity contribution < 1.29 is 4.74 Å². The van der Waals surface area contributed by atoms with E-state index in [4.69, 9.17) is 4.74 Å². The zero-order chi connectivity index (χ0) is 16.2. The summed E-state index contributed by atoms with van der Waals surface area (Å²) in [7, 11) is 1.68. The highest BCUT2D eigenvalue weighted by atomic mass is 79.9. The maximum atomic E-state index is 5.39. The number of benzene rings is 3. The maximum absolute atomic E-state index is 5.39. The summed E-state index contributed by atoms with van der Waals surface area (Å²) in [6.45, 7) is 0. The van der Waals surface area contributed by atoms with Gasteiger partial charge in [-0.05, 0) is 68.3 Å². The van der Waals surface area contributed by atoms with Gasteiger partial charge in [-0.3, -0.25) is 0 Å². The van der Waals surface area contributed by atoms with Crippen LogP contribution in [-0.2, 0) is 0 Å². The molecule has 3 aromatic carbocycles. The minimum atomic E-state index is 0.826. The van der Waals surface area contributed by atoms with Crippen LogP contribution >= 0.6 is 31.9 Å². The Hall–Kier alpha value is -1.78. The quantitative estimate of drug-likeness (QED) is 0.455. The molecular formula is C19H15Br2NO. The Kier molecular flexibility index (Phi) is 5.03. The number of anilines is 3. The fourth-order valence-corrected chi connectivity index (χ4v) is 3.35. The van der Waals surface area contributed by atoms with Gasteiger partial charge < -0.3 is 9.64 Å². The van der Waals surface area contributed by atoms with E-state index in [2.05, 4.69) is 55.0 Å². The lowest BCUT2D eigenvalue weighted by molar-refractivity contribution is 0.415. The van der Waals surface area contributed by atoms with Gasteiger partial charge >= 0.3 is 0 Å². The van der Waals surface area contributed by atoms with Crippen LogP contribution in [0, 0.1) is 0 Å². The SMILES string of the molecule is COc1cccc(N(c2ccccc2Br)c2ccccc2Br)c1. The number of para-hydroxylation sites is 2. The molecule has 0 aliphatic rings. The largest absolute Gasteiger partial charge is 0.497 e. The van der Waals surface area contributed by atoms with Gasteiger partial charge in [-0.2, -0.15) is 0 Å². The van der Waals surface area contributed by atoms with Crippen LogP contribution in [-0.4, -0.2) is 7.11 Å². The first-order chi connectivity index (χ1) is 11.2. The van der Waals surface area contributed by atoms with E-state index >= 15 is 0 Å². The molecule has 0 fully saturated rings. The van der Waals surface area contributed by atoms with Crippen molar-refractivity contribution in [3.05, 3.63) is 81.7 Å². The van der Waals surface area contributed by atoms with Crippen molar-refractivity contribution >= 4 is 48.9 Å². The number of nitrogens with zero attached hydrogens (tertiary/aromatic N) is 1. The molecule has 3 aromatic rings. The summed E-state index contributed by atoms with van der Waals surface area (Å²) >= 11 is 7.33. The van der Waals surface area contributed by atoms with E-state index in [1.165, 1.54) is 0 Å². The molecule has 0 N–H and O–H groups in total. The smallest absolute Gasteiger partial charge is 0.120 e. The zero-order valence-corrected chi connectivity index (χ0v) is 15.7. The topological polar surface area (TPSA) is 12.5 Å². The van der Waals surface area contributed by atoms with Gasteiger partial charge in [0.2, 0.25) is 0 Å². The Labute approximate surface area is 153 Å².